The SMILES string of the molecule is CCOC(=O)CSc1ccc([C@H](O)CC)nc1. The molecule has 0 radical (unpaired) electrons. The number of carbonyl (C=O) groups is 1. The van der Waals surface area contributed by atoms with Gasteiger partial charge < -0.3 is 9.84 Å². The first-order chi connectivity index (χ1) is 8.17. The third kappa shape index (κ3) is 4.75. The van der Waals surface area contributed by atoms with E-state index in [9.17, 15) is 9.90 Å². The van der Waals surface area contributed by atoms with Gasteiger partial charge in [0.15, 0.2) is 0 Å². The number of aliphatic hydroxyl groups is 1. The van der Waals surface area contributed by atoms with Crippen molar-refractivity contribution < 1.29 is 14.6 Å². The number of thioether (sulfide) groups is 1. The van der Waals surface area contributed by atoms with Gasteiger partial charge in [-0.15, -0.1) is 11.8 Å². The lowest BCUT2D eigenvalue weighted by Crippen LogP contribution is -2.06. The Kier molecular flexibility index (Phi) is 6.00. The Labute approximate surface area is 105 Å². The Bertz CT molecular complexity index is 353. The highest BCUT2D eigenvalue weighted by Gasteiger charge is 2.07. The maximum atomic E-state index is 11.1. The number of pyridine rings is 1. The smallest absolute Gasteiger partial charge is 0.316 e. The molecule has 0 saturated carbocycles. The molecular weight excluding hydrogens is 238 g/mol. The zero-order valence-corrected chi connectivity index (χ0v) is 10.9. The summed E-state index contributed by atoms with van der Waals surface area (Å²) >= 11 is 1.38. The van der Waals surface area contributed by atoms with Gasteiger partial charge in [-0.1, -0.05) is 6.92 Å². The minimum atomic E-state index is -0.515. The largest absolute Gasteiger partial charge is 0.465 e. The molecule has 1 rings (SSSR count). The highest BCUT2D eigenvalue weighted by atomic mass is 32.2. The van der Waals surface area contributed by atoms with Crippen molar-refractivity contribution in [3.8, 4) is 0 Å². The molecule has 17 heavy (non-hydrogen) atoms. The predicted molar refractivity (Wildman–Crippen MR) is 66.8 cm³/mol. The average molecular weight is 255 g/mol. The highest BCUT2D eigenvalue weighted by molar-refractivity contribution is 8.00. The molecule has 0 aliphatic rings. The van der Waals surface area contributed by atoms with E-state index in [0.29, 0.717) is 18.7 Å². The van der Waals surface area contributed by atoms with Crippen LogP contribution >= 0.6 is 11.8 Å². The van der Waals surface area contributed by atoms with E-state index in [1.165, 1.54) is 11.8 Å². The molecule has 0 spiro atoms. The molecule has 0 aromatic carbocycles. The summed E-state index contributed by atoms with van der Waals surface area (Å²) in [6, 6.07) is 3.63. The van der Waals surface area contributed by atoms with E-state index in [1.807, 2.05) is 13.0 Å². The van der Waals surface area contributed by atoms with Crippen molar-refractivity contribution in [1.82, 2.24) is 4.98 Å². The first kappa shape index (κ1) is 14.0. The van der Waals surface area contributed by atoms with Crippen LogP contribution in [-0.4, -0.2) is 28.4 Å². The van der Waals surface area contributed by atoms with Crippen LogP contribution in [0.25, 0.3) is 0 Å². The Hall–Kier alpha value is -1.07. The third-order valence-electron chi connectivity index (χ3n) is 2.15. The summed E-state index contributed by atoms with van der Waals surface area (Å²) in [7, 11) is 0. The average Bonchev–Trinajstić information content (AvgIpc) is 2.36. The summed E-state index contributed by atoms with van der Waals surface area (Å²) in [5.74, 6) is 0.0562. The summed E-state index contributed by atoms with van der Waals surface area (Å²) in [5, 5.41) is 9.56. The summed E-state index contributed by atoms with van der Waals surface area (Å²) in [6.07, 6.45) is 1.79. The van der Waals surface area contributed by atoms with Gasteiger partial charge in [-0.25, -0.2) is 0 Å². The van der Waals surface area contributed by atoms with Gasteiger partial charge in [0.2, 0.25) is 0 Å². The Morgan fingerprint density at radius 1 is 1.53 bits per heavy atom. The zero-order valence-electron chi connectivity index (χ0n) is 10.0. The molecular formula is C12H17NO3S. The quantitative estimate of drug-likeness (QED) is 0.623. The molecule has 1 aromatic rings. The van der Waals surface area contributed by atoms with Crippen molar-refractivity contribution in [2.45, 2.75) is 31.3 Å². The van der Waals surface area contributed by atoms with Crippen LogP contribution in [0.4, 0.5) is 0 Å². The molecule has 0 amide bonds. The standard InChI is InChI=1S/C12H17NO3S/c1-3-11(14)10-6-5-9(7-13-10)17-8-12(15)16-4-2/h5-7,11,14H,3-4,8H2,1-2H3/t11-/m1/s1. The number of aliphatic hydroxyl groups excluding tert-OH is 1. The number of ether oxygens (including phenoxy) is 1. The van der Waals surface area contributed by atoms with E-state index in [0.717, 1.165) is 4.90 Å². The molecule has 1 aromatic heterocycles. The van der Waals surface area contributed by atoms with E-state index in [4.69, 9.17) is 4.74 Å². The van der Waals surface area contributed by atoms with Crippen molar-refractivity contribution in [1.29, 1.82) is 0 Å². The molecule has 0 saturated heterocycles. The van der Waals surface area contributed by atoms with Crippen LogP contribution in [0.2, 0.25) is 0 Å². The number of carbonyl (C=O) groups excluding carboxylic acids is 1. The van der Waals surface area contributed by atoms with E-state index in [1.54, 1.807) is 19.2 Å². The molecule has 1 N–H and O–H groups in total. The van der Waals surface area contributed by atoms with Crippen molar-refractivity contribution in [2.24, 2.45) is 0 Å². The molecule has 94 valence electrons. The van der Waals surface area contributed by atoms with E-state index in [-0.39, 0.29) is 11.7 Å². The molecule has 1 atom stereocenters. The van der Waals surface area contributed by atoms with Gasteiger partial charge in [0.25, 0.3) is 0 Å². The van der Waals surface area contributed by atoms with Crippen LogP contribution in [-0.2, 0) is 9.53 Å². The molecule has 0 unspecified atom stereocenters. The van der Waals surface area contributed by atoms with Crippen molar-refractivity contribution in [3.05, 3.63) is 24.0 Å². The normalized spacial score (nSPS) is 12.2. The topological polar surface area (TPSA) is 59.4 Å². The lowest BCUT2D eigenvalue weighted by Gasteiger charge is -2.07. The number of aromatic nitrogens is 1. The minimum Gasteiger partial charge on any atom is -0.465 e. The molecule has 0 aliphatic carbocycles. The van der Waals surface area contributed by atoms with Gasteiger partial charge in [0.1, 0.15) is 0 Å². The first-order valence-electron chi connectivity index (χ1n) is 5.59. The molecule has 0 bridgehead atoms. The maximum Gasteiger partial charge on any atom is 0.316 e. The summed E-state index contributed by atoms with van der Waals surface area (Å²) in [6.45, 7) is 4.08. The highest BCUT2D eigenvalue weighted by Crippen LogP contribution is 2.20. The number of rotatable bonds is 6. The van der Waals surface area contributed by atoms with E-state index < -0.39 is 6.10 Å². The van der Waals surface area contributed by atoms with Crippen molar-refractivity contribution in [2.75, 3.05) is 12.4 Å². The fourth-order valence-electron chi connectivity index (χ4n) is 1.23. The molecule has 0 fully saturated rings. The van der Waals surface area contributed by atoms with Crippen LogP contribution in [0.3, 0.4) is 0 Å². The van der Waals surface area contributed by atoms with Gasteiger partial charge in [-0.05, 0) is 25.5 Å². The van der Waals surface area contributed by atoms with Gasteiger partial charge in [-0.2, -0.15) is 0 Å². The third-order valence-corrected chi connectivity index (χ3v) is 3.10. The fraction of sp³-hybridized carbons (Fsp3) is 0.500. The van der Waals surface area contributed by atoms with Crippen molar-refractivity contribution in [3.63, 3.8) is 0 Å². The zero-order chi connectivity index (χ0) is 12.7. The maximum absolute atomic E-state index is 11.1. The Morgan fingerprint density at radius 2 is 2.29 bits per heavy atom. The molecule has 4 nitrogen and oxygen atoms in total. The molecule has 1 heterocycles. The van der Waals surface area contributed by atoms with Crippen LogP contribution in [0, 0.1) is 0 Å². The summed E-state index contributed by atoms with van der Waals surface area (Å²) in [5.41, 5.74) is 0.660. The number of hydrogen-bond acceptors (Lipinski definition) is 5. The molecule has 0 aliphatic heterocycles. The van der Waals surface area contributed by atoms with E-state index in [2.05, 4.69) is 4.98 Å². The lowest BCUT2D eigenvalue weighted by atomic mass is 10.2. The fourth-order valence-corrected chi connectivity index (χ4v) is 1.89. The van der Waals surface area contributed by atoms with Crippen LogP contribution < -0.4 is 0 Å². The van der Waals surface area contributed by atoms with Gasteiger partial charge >= 0.3 is 5.97 Å². The van der Waals surface area contributed by atoms with Crippen LogP contribution in [0.15, 0.2) is 23.2 Å². The van der Waals surface area contributed by atoms with Crippen LogP contribution in [0.1, 0.15) is 32.1 Å². The first-order valence-corrected chi connectivity index (χ1v) is 6.58. The van der Waals surface area contributed by atoms with Crippen LogP contribution in [0.5, 0.6) is 0 Å². The van der Waals surface area contributed by atoms with Gasteiger partial charge in [-0.3, -0.25) is 9.78 Å². The number of hydrogen-bond donors (Lipinski definition) is 1. The second-order valence-corrected chi connectivity index (χ2v) is 4.49. The summed E-state index contributed by atoms with van der Waals surface area (Å²) in [4.78, 5) is 16.2. The number of nitrogens with zero attached hydrogens (tertiary/aromatic N) is 1. The number of esters is 1. The minimum absolute atomic E-state index is 0.227. The second-order valence-electron chi connectivity index (χ2n) is 3.44. The Morgan fingerprint density at radius 3 is 2.82 bits per heavy atom. The van der Waals surface area contributed by atoms with E-state index >= 15 is 0 Å². The van der Waals surface area contributed by atoms with Gasteiger partial charge in [0.05, 0.1) is 24.2 Å². The lowest BCUT2D eigenvalue weighted by molar-refractivity contribution is -0.139. The van der Waals surface area contributed by atoms with Gasteiger partial charge in [0, 0.05) is 11.1 Å². The predicted octanol–water partition coefficient (Wildman–Crippen LogP) is 2.18. The Balaban J connectivity index is 2.48. The molecule has 5 heteroatoms. The van der Waals surface area contributed by atoms with Crippen molar-refractivity contribution >= 4 is 17.7 Å². The summed E-state index contributed by atoms with van der Waals surface area (Å²) < 4.78 is 4.82. The monoisotopic (exact) mass is 255 g/mol. The second kappa shape index (κ2) is 7.29.